The van der Waals surface area contributed by atoms with Crippen molar-refractivity contribution in [1.29, 1.82) is 0 Å². The van der Waals surface area contributed by atoms with Crippen LogP contribution in [0, 0.1) is 0 Å². The van der Waals surface area contributed by atoms with E-state index in [1.165, 1.54) is 12.1 Å². The maximum absolute atomic E-state index is 9.53. The van der Waals surface area contributed by atoms with Crippen molar-refractivity contribution in [1.82, 2.24) is 0 Å². The number of aromatic hydroxyl groups is 4. The Kier molecular flexibility index (Phi) is 7.35. The third-order valence-corrected chi connectivity index (χ3v) is 4.35. The van der Waals surface area contributed by atoms with Crippen LogP contribution < -0.4 is 9.47 Å². The number of phenolic OH excluding ortho intramolecular Hbond substituents is 4. The Balaban J connectivity index is 0.000000200. The zero-order valence-electron chi connectivity index (χ0n) is 15.9. The maximum Gasteiger partial charge on any atom is 0.165 e. The summed E-state index contributed by atoms with van der Waals surface area (Å²) < 4.78 is 10.1. The van der Waals surface area contributed by atoms with Gasteiger partial charge in [0.1, 0.15) is 11.5 Å². The van der Waals surface area contributed by atoms with Gasteiger partial charge in [-0.25, -0.2) is 0 Å². The van der Waals surface area contributed by atoms with Crippen LogP contribution >= 0.6 is 0 Å². The van der Waals surface area contributed by atoms with Crippen LogP contribution in [0.1, 0.15) is 0 Å². The molecule has 0 radical (unpaired) electrons. The molecule has 0 bridgehead atoms. The summed E-state index contributed by atoms with van der Waals surface area (Å²) in [6.45, 7) is 0. The fourth-order valence-electron chi connectivity index (χ4n) is 2.81. The Hall–Kier alpha value is -2.92. The number of rotatable bonds is 2. The first-order valence-corrected chi connectivity index (χ1v) is 8.42. The van der Waals surface area contributed by atoms with E-state index in [2.05, 4.69) is 0 Å². The van der Waals surface area contributed by atoms with Gasteiger partial charge in [0.15, 0.2) is 23.0 Å². The molecule has 4 aromatic rings. The Bertz CT molecular complexity index is 1050. The van der Waals surface area contributed by atoms with Gasteiger partial charge in [-0.05, 0) is 59.3 Å². The van der Waals surface area contributed by atoms with Gasteiger partial charge >= 0.3 is 0 Å². The fourth-order valence-corrected chi connectivity index (χ4v) is 2.81. The Morgan fingerprint density at radius 1 is 0.552 bits per heavy atom. The van der Waals surface area contributed by atoms with Crippen molar-refractivity contribution in [2.45, 2.75) is 0 Å². The van der Waals surface area contributed by atoms with Crippen LogP contribution in [0.15, 0.2) is 60.7 Å². The van der Waals surface area contributed by atoms with Gasteiger partial charge in [0.05, 0.1) is 14.2 Å². The van der Waals surface area contributed by atoms with E-state index in [1.54, 1.807) is 62.8 Å². The molecule has 0 unspecified atom stereocenters. The minimum Gasteiger partial charge on any atom is -0.504 e. The van der Waals surface area contributed by atoms with Crippen molar-refractivity contribution >= 4 is 21.5 Å². The molecule has 4 N–H and O–H groups in total. The first-order valence-electron chi connectivity index (χ1n) is 8.42. The van der Waals surface area contributed by atoms with E-state index in [4.69, 9.17) is 9.47 Å². The van der Waals surface area contributed by atoms with Gasteiger partial charge in [0.25, 0.3) is 0 Å². The molecule has 7 heteroatoms. The number of ether oxygens (including phenoxy) is 2. The van der Waals surface area contributed by atoms with Crippen LogP contribution in [0.25, 0.3) is 21.5 Å². The maximum atomic E-state index is 9.53. The molecule has 29 heavy (non-hydrogen) atoms. The topological polar surface area (TPSA) is 99.4 Å². The molecule has 6 nitrogen and oxygen atoms in total. The number of methoxy groups -OCH3 is 2. The quantitative estimate of drug-likeness (QED) is 0.321. The Morgan fingerprint density at radius 2 is 0.931 bits per heavy atom. The van der Waals surface area contributed by atoms with E-state index < -0.39 is 0 Å². The van der Waals surface area contributed by atoms with Crippen molar-refractivity contribution in [2.24, 2.45) is 0 Å². The molecule has 0 amide bonds. The summed E-state index contributed by atoms with van der Waals surface area (Å²) in [5, 5.41) is 40.5. The Morgan fingerprint density at radius 3 is 1.28 bits per heavy atom. The Labute approximate surface area is 186 Å². The monoisotopic (exact) mass is 470 g/mol. The average molecular weight is 472 g/mol. The third kappa shape index (κ3) is 4.74. The molecule has 0 aliphatic heterocycles. The molecule has 4 rings (SSSR count). The average Bonchev–Trinajstić information content (AvgIpc) is 2.73. The second kappa shape index (κ2) is 9.52. The van der Waals surface area contributed by atoms with Gasteiger partial charge in [-0.2, -0.15) is 0 Å². The van der Waals surface area contributed by atoms with Crippen LogP contribution in [0.4, 0.5) is 0 Å². The predicted molar refractivity (Wildman–Crippen MR) is 108 cm³/mol. The van der Waals surface area contributed by atoms with E-state index in [0.29, 0.717) is 10.8 Å². The van der Waals surface area contributed by atoms with Crippen LogP contribution in [0.5, 0.6) is 34.5 Å². The summed E-state index contributed by atoms with van der Waals surface area (Å²) in [7, 11) is 3.17. The number of benzene rings is 4. The van der Waals surface area contributed by atoms with Crippen molar-refractivity contribution in [3.8, 4) is 34.5 Å². The minimum atomic E-state index is -0.109. The second-order valence-corrected chi connectivity index (χ2v) is 6.04. The van der Waals surface area contributed by atoms with Gasteiger partial charge in [-0.15, -0.1) is 0 Å². The zero-order chi connectivity index (χ0) is 20.3. The molecule has 0 fully saturated rings. The number of fused-ring (bicyclic) bond motifs is 2. The van der Waals surface area contributed by atoms with E-state index in [0.717, 1.165) is 22.3 Å². The van der Waals surface area contributed by atoms with E-state index in [9.17, 15) is 20.4 Å². The first-order chi connectivity index (χ1) is 13.4. The van der Waals surface area contributed by atoms with E-state index in [1.807, 2.05) is 0 Å². The summed E-state index contributed by atoms with van der Waals surface area (Å²) in [5.74, 6) is 1.05. The summed E-state index contributed by atoms with van der Waals surface area (Å²) in [6, 6.07) is 16.9. The summed E-state index contributed by atoms with van der Waals surface area (Å²) in [6.07, 6.45) is 0. The molecule has 0 aliphatic rings. The van der Waals surface area contributed by atoms with Gasteiger partial charge in [0.2, 0.25) is 0 Å². The van der Waals surface area contributed by atoms with Crippen LogP contribution in [0.2, 0.25) is 0 Å². The van der Waals surface area contributed by atoms with Gasteiger partial charge < -0.3 is 29.9 Å². The second-order valence-electron chi connectivity index (χ2n) is 6.04. The zero-order valence-corrected chi connectivity index (χ0v) is 18.3. The number of hydrogen-bond acceptors (Lipinski definition) is 6. The molecular formula is C22H20O6Zr. The van der Waals surface area contributed by atoms with Crippen molar-refractivity contribution in [2.75, 3.05) is 14.2 Å². The summed E-state index contributed by atoms with van der Waals surface area (Å²) in [5.41, 5.74) is 0. The molecule has 0 heterocycles. The molecule has 0 spiro atoms. The molecule has 4 aromatic carbocycles. The summed E-state index contributed by atoms with van der Waals surface area (Å²) in [4.78, 5) is 0. The molecule has 0 aromatic heterocycles. The number of phenols is 4. The van der Waals surface area contributed by atoms with Gasteiger partial charge in [0, 0.05) is 37.0 Å². The first kappa shape index (κ1) is 22.4. The van der Waals surface area contributed by atoms with E-state index in [-0.39, 0.29) is 49.2 Å². The van der Waals surface area contributed by atoms with E-state index >= 15 is 0 Å². The molecule has 0 saturated carbocycles. The normalized spacial score (nSPS) is 10.0. The summed E-state index contributed by atoms with van der Waals surface area (Å²) >= 11 is 0. The predicted octanol–water partition coefficient (Wildman–Crippen LogP) is 4.52. The molecule has 0 saturated heterocycles. The van der Waals surface area contributed by atoms with Gasteiger partial charge in [-0.1, -0.05) is 12.1 Å². The van der Waals surface area contributed by atoms with Crippen molar-refractivity contribution in [3.63, 3.8) is 0 Å². The van der Waals surface area contributed by atoms with Crippen LogP contribution in [0.3, 0.4) is 0 Å². The fraction of sp³-hybridized carbons (Fsp3) is 0.0909. The van der Waals surface area contributed by atoms with Gasteiger partial charge in [-0.3, -0.25) is 0 Å². The third-order valence-electron chi connectivity index (χ3n) is 4.35. The molecule has 0 aliphatic carbocycles. The van der Waals surface area contributed by atoms with Crippen molar-refractivity contribution < 1.29 is 56.1 Å². The van der Waals surface area contributed by atoms with Crippen LogP contribution in [-0.4, -0.2) is 34.6 Å². The van der Waals surface area contributed by atoms with Crippen LogP contribution in [-0.2, 0) is 26.2 Å². The smallest absolute Gasteiger partial charge is 0.165 e. The molecule has 148 valence electrons. The number of hydrogen-bond donors (Lipinski definition) is 4. The standard InChI is InChI=1S/2C11H10O3.Zr/c2*1-14-8-3-4-9-7(6-8)2-5-10(12)11(9)13;/h2*2-6,12-13H,1H3;. The molecule has 0 atom stereocenters. The largest absolute Gasteiger partial charge is 0.504 e. The SMILES string of the molecule is COc1ccc2c(O)c(O)ccc2c1.COc1ccc2c(O)c(O)ccc2c1.[Zr]. The van der Waals surface area contributed by atoms with Crippen molar-refractivity contribution in [3.05, 3.63) is 60.7 Å². The molecular weight excluding hydrogens is 451 g/mol. The minimum absolute atomic E-state index is 0.